The van der Waals surface area contributed by atoms with Gasteiger partial charge >= 0.3 is 0 Å². The second kappa shape index (κ2) is 6.96. The average molecular weight is 380 g/mol. The van der Waals surface area contributed by atoms with E-state index in [1.54, 1.807) is 0 Å². The molecular formula is C21H24N4O3. The molecule has 1 saturated heterocycles. The van der Waals surface area contributed by atoms with Crippen LogP contribution in [0.15, 0.2) is 18.2 Å². The van der Waals surface area contributed by atoms with E-state index in [0.29, 0.717) is 30.5 Å². The molecule has 5 rings (SSSR count). The lowest BCUT2D eigenvalue weighted by atomic mass is 10.00. The molecule has 7 nitrogen and oxygen atoms in total. The van der Waals surface area contributed by atoms with Crippen LogP contribution in [0.1, 0.15) is 53.6 Å². The fourth-order valence-corrected chi connectivity index (χ4v) is 4.28. The van der Waals surface area contributed by atoms with Gasteiger partial charge in [0.1, 0.15) is 17.3 Å². The number of carbonyl (C=O) groups is 1. The summed E-state index contributed by atoms with van der Waals surface area (Å²) in [5, 5.41) is 2.92. The van der Waals surface area contributed by atoms with Crippen molar-refractivity contribution < 1.29 is 14.3 Å². The number of aromatic nitrogens is 2. The van der Waals surface area contributed by atoms with Crippen molar-refractivity contribution >= 4 is 11.7 Å². The molecule has 28 heavy (non-hydrogen) atoms. The average Bonchev–Trinajstić information content (AvgIpc) is 3.16. The minimum atomic E-state index is -0.0958. The van der Waals surface area contributed by atoms with Crippen molar-refractivity contribution in [3.05, 3.63) is 40.8 Å². The largest absolute Gasteiger partial charge is 0.454 e. The molecule has 0 saturated carbocycles. The monoisotopic (exact) mass is 380 g/mol. The van der Waals surface area contributed by atoms with Gasteiger partial charge in [-0.1, -0.05) is 6.07 Å². The van der Waals surface area contributed by atoms with Gasteiger partial charge in [-0.2, -0.15) is 0 Å². The molecule has 0 aliphatic carbocycles. The molecule has 1 unspecified atom stereocenters. The summed E-state index contributed by atoms with van der Waals surface area (Å²) >= 11 is 0. The second-order valence-electron chi connectivity index (χ2n) is 7.70. The Morgan fingerprint density at radius 1 is 1.21 bits per heavy atom. The number of piperidine rings is 1. The normalized spacial score (nSPS) is 20.7. The standard InChI is InChI=1S/C21H24N4O3/c1-13-4-2-3-9-25(13)20-15-7-8-22-21(26)19(15)23-18(24-20)11-14-5-6-16-17(10-14)28-12-27-16/h5-6,10,13H,2-4,7-9,11-12H2,1H3,(H,22,26). The van der Waals surface area contributed by atoms with Crippen molar-refractivity contribution in [1.82, 2.24) is 15.3 Å². The van der Waals surface area contributed by atoms with Crippen molar-refractivity contribution in [3.63, 3.8) is 0 Å². The first-order chi connectivity index (χ1) is 13.7. The van der Waals surface area contributed by atoms with E-state index in [1.165, 1.54) is 6.42 Å². The van der Waals surface area contributed by atoms with Crippen molar-refractivity contribution in [2.45, 2.75) is 45.1 Å². The molecular weight excluding hydrogens is 356 g/mol. The number of nitrogens with one attached hydrogen (secondary N) is 1. The van der Waals surface area contributed by atoms with E-state index in [0.717, 1.165) is 54.3 Å². The van der Waals surface area contributed by atoms with Crippen molar-refractivity contribution in [1.29, 1.82) is 0 Å². The van der Waals surface area contributed by atoms with E-state index in [-0.39, 0.29) is 12.7 Å². The van der Waals surface area contributed by atoms with E-state index in [1.807, 2.05) is 18.2 Å². The highest BCUT2D eigenvalue weighted by Crippen LogP contribution is 2.34. The number of rotatable bonds is 3. The number of amides is 1. The molecule has 1 N–H and O–H groups in total. The minimum Gasteiger partial charge on any atom is -0.454 e. The Morgan fingerprint density at radius 2 is 2.11 bits per heavy atom. The van der Waals surface area contributed by atoms with E-state index < -0.39 is 0 Å². The minimum absolute atomic E-state index is 0.0958. The lowest BCUT2D eigenvalue weighted by Gasteiger charge is -2.36. The van der Waals surface area contributed by atoms with Gasteiger partial charge in [-0.05, 0) is 50.3 Å². The second-order valence-corrected chi connectivity index (χ2v) is 7.70. The summed E-state index contributed by atoms with van der Waals surface area (Å²) in [4.78, 5) is 24.5. The SMILES string of the molecule is CC1CCCCN1c1nc(Cc2ccc3c(c2)OCO3)nc2c1CCNC2=O. The Balaban J connectivity index is 1.53. The maximum absolute atomic E-state index is 12.5. The zero-order valence-electron chi connectivity index (χ0n) is 16.0. The Labute approximate surface area is 164 Å². The smallest absolute Gasteiger partial charge is 0.270 e. The molecule has 7 heteroatoms. The van der Waals surface area contributed by atoms with E-state index in [2.05, 4.69) is 22.1 Å². The fourth-order valence-electron chi connectivity index (χ4n) is 4.28. The van der Waals surface area contributed by atoms with Gasteiger partial charge in [0.15, 0.2) is 11.5 Å². The third-order valence-corrected chi connectivity index (χ3v) is 5.78. The number of fused-ring (bicyclic) bond motifs is 2. The van der Waals surface area contributed by atoms with Crippen LogP contribution in [0, 0.1) is 0 Å². The van der Waals surface area contributed by atoms with Crippen molar-refractivity contribution in [3.8, 4) is 11.5 Å². The third kappa shape index (κ3) is 3.04. The summed E-state index contributed by atoms with van der Waals surface area (Å²) in [5.74, 6) is 3.03. The lowest BCUT2D eigenvalue weighted by Crippen LogP contribution is -2.41. The molecule has 1 aromatic carbocycles. The Hall–Kier alpha value is -2.83. The zero-order valence-corrected chi connectivity index (χ0v) is 16.0. The van der Waals surface area contributed by atoms with Crippen LogP contribution < -0.4 is 19.7 Å². The molecule has 0 spiro atoms. The molecule has 1 aromatic heterocycles. The predicted octanol–water partition coefficient (Wildman–Crippen LogP) is 2.46. The Kier molecular flexibility index (Phi) is 4.30. The van der Waals surface area contributed by atoms with Crippen molar-refractivity contribution in [2.24, 2.45) is 0 Å². The highest BCUT2D eigenvalue weighted by Gasteiger charge is 2.29. The number of ether oxygens (including phenoxy) is 2. The molecule has 1 amide bonds. The van der Waals surface area contributed by atoms with Gasteiger partial charge in [-0.25, -0.2) is 9.97 Å². The molecule has 1 atom stereocenters. The predicted molar refractivity (Wildman–Crippen MR) is 104 cm³/mol. The number of carbonyl (C=O) groups excluding carboxylic acids is 1. The van der Waals surface area contributed by atoms with Crippen LogP contribution in [-0.4, -0.2) is 41.8 Å². The summed E-state index contributed by atoms with van der Waals surface area (Å²) in [7, 11) is 0. The molecule has 146 valence electrons. The molecule has 3 aliphatic rings. The van der Waals surface area contributed by atoms with Crippen LogP contribution in [-0.2, 0) is 12.8 Å². The summed E-state index contributed by atoms with van der Waals surface area (Å²) in [5.41, 5.74) is 2.56. The van der Waals surface area contributed by atoms with Crippen LogP contribution in [0.4, 0.5) is 5.82 Å². The Bertz CT molecular complexity index is 930. The first kappa shape index (κ1) is 17.3. The molecule has 3 aliphatic heterocycles. The van der Waals surface area contributed by atoms with Gasteiger partial charge in [0, 0.05) is 31.1 Å². The third-order valence-electron chi connectivity index (χ3n) is 5.78. The molecule has 0 radical (unpaired) electrons. The fraction of sp³-hybridized carbons (Fsp3) is 0.476. The topological polar surface area (TPSA) is 76.6 Å². The highest BCUT2D eigenvalue weighted by atomic mass is 16.7. The van der Waals surface area contributed by atoms with Crippen LogP contribution in [0.3, 0.4) is 0 Å². The maximum atomic E-state index is 12.5. The lowest BCUT2D eigenvalue weighted by molar-refractivity contribution is 0.0940. The summed E-state index contributed by atoms with van der Waals surface area (Å²) in [6, 6.07) is 6.31. The number of anilines is 1. The maximum Gasteiger partial charge on any atom is 0.270 e. The van der Waals surface area contributed by atoms with Gasteiger partial charge in [0.25, 0.3) is 5.91 Å². The summed E-state index contributed by atoms with van der Waals surface area (Å²) in [6.07, 6.45) is 4.89. The van der Waals surface area contributed by atoms with Crippen LogP contribution in [0.25, 0.3) is 0 Å². The van der Waals surface area contributed by atoms with Crippen LogP contribution in [0.2, 0.25) is 0 Å². The number of hydrogen-bond acceptors (Lipinski definition) is 6. The zero-order chi connectivity index (χ0) is 19.1. The summed E-state index contributed by atoms with van der Waals surface area (Å²) < 4.78 is 10.9. The first-order valence-corrected chi connectivity index (χ1v) is 10.0. The van der Waals surface area contributed by atoms with E-state index in [9.17, 15) is 4.79 Å². The van der Waals surface area contributed by atoms with Gasteiger partial charge < -0.3 is 19.7 Å². The van der Waals surface area contributed by atoms with Gasteiger partial charge in [0.2, 0.25) is 6.79 Å². The Morgan fingerprint density at radius 3 is 3.00 bits per heavy atom. The number of benzene rings is 1. The van der Waals surface area contributed by atoms with Gasteiger partial charge in [-0.3, -0.25) is 4.79 Å². The van der Waals surface area contributed by atoms with Gasteiger partial charge in [0.05, 0.1) is 0 Å². The van der Waals surface area contributed by atoms with Crippen LogP contribution >= 0.6 is 0 Å². The number of hydrogen-bond donors (Lipinski definition) is 1. The van der Waals surface area contributed by atoms with Crippen molar-refractivity contribution in [2.75, 3.05) is 24.8 Å². The quantitative estimate of drug-likeness (QED) is 0.882. The molecule has 0 bridgehead atoms. The van der Waals surface area contributed by atoms with Crippen LogP contribution in [0.5, 0.6) is 11.5 Å². The molecule has 2 aromatic rings. The van der Waals surface area contributed by atoms with E-state index in [4.69, 9.17) is 14.5 Å². The van der Waals surface area contributed by atoms with Gasteiger partial charge in [-0.15, -0.1) is 0 Å². The van der Waals surface area contributed by atoms with E-state index >= 15 is 0 Å². The molecule has 4 heterocycles. The first-order valence-electron chi connectivity index (χ1n) is 10.0. The highest BCUT2D eigenvalue weighted by molar-refractivity contribution is 5.96. The summed E-state index contributed by atoms with van der Waals surface area (Å²) in [6.45, 7) is 4.13. The number of nitrogens with zero attached hydrogens (tertiary/aromatic N) is 3. The molecule has 1 fully saturated rings.